The van der Waals surface area contributed by atoms with Crippen LogP contribution in [-0.4, -0.2) is 73.3 Å². The molecule has 0 radical (unpaired) electrons. The zero-order valence-corrected chi connectivity index (χ0v) is 14.0. The van der Waals surface area contributed by atoms with Crippen molar-refractivity contribution in [2.75, 3.05) is 39.4 Å². The first-order chi connectivity index (χ1) is 11.3. The quantitative estimate of drug-likeness (QED) is 0.726. The van der Waals surface area contributed by atoms with Crippen LogP contribution >= 0.6 is 0 Å². The van der Waals surface area contributed by atoms with Gasteiger partial charge < -0.3 is 9.84 Å². The van der Waals surface area contributed by atoms with E-state index in [2.05, 4.69) is 9.80 Å². The number of hydrogen-bond donors (Lipinski definition) is 2. The van der Waals surface area contributed by atoms with Gasteiger partial charge in [-0.3, -0.25) is 14.4 Å². The van der Waals surface area contributed by atoms with E-state index in [0.717, 1.165) is 39.4 Å². The average Bonchev–Trinajstić information content (AvgIpc) is 2.50. The van der Waals surface area contributed by atoms with E-state index in [-0.39, 0.29) is 0 Å². The molecule has 0 aromatic heterocycles. The van der Waals surface area contributed by atoms with Gasteiger partial charge in [0, 0.05) is 44.3 Å². The van der Waals surface area contributed by atoms with Crippen molar-refractivity contribution in [2.45, 2.75) is 18.0 Å². The van der Waals surface area contributed by atoms with Crippen molar-refractivity contribution in [3.63, 3.8) is 0 Å². The molecule has 2 N–H and O–H groups in total. The van der Waals surface area contributed by atoms with Gasteiger partial charge in [-0.25, -0.2) is 4.39 Å². The number of aliphatic hydroxyl groups excluding tert-OH is 1. The molecule has 2 saturated heterocycles. The van der Waals surface area contributed by atoms with Crippen LogP contribution in [0.2, 0.25) is 0 Å². The molecule has 1 unspecified atom stereocenters. The highest BCUT2D eigenvalue weighted by atomic mass is 32.2. The van der Waals surface area contributed by atoms with Crippen LogP contribution in [0, 0.1) is 5.82 Å². The van der Waals surface area contributed by atoms with Gasteiger partial charge in [0.05, 0.1) is 13.2 Å². The summed E-state index contributed by atoms with van der Waals surface area (Å²) in [4.78, 5) is 4.57. The number of aliphatic hydroxyl groups is 1. The molecule has 7 nitrogen and oxygen atoms in total. The molecule has 0 aliphatic carbocycles. The van der Waals surface area contributed by atoms with Crippen LogP contribution < -0.4 is 0 Å². The third-order valence-electron chi connectivity index (χ3n) is 4.52. The second-order valence-corrected chi connectivity index (χ2v) is 7.70. The maximum absolute atomic E-state index is 14.0. The Hall–Kier alpha value is -1.10. The first kappa shape index (κ1) is 17.7. The molecule has 9 heteroatoms. The molecule has 2 aliphatic rings. The summed E-state index contributed by atoms with van der Waals surface area (Å²) in [7, 11) is -4.74. The van der Waals surface area contributed by atoms with Gasteiger partial charge in [-0.1, -0.05) is 12.1 Å². The van der Waals surface area contributed by atoms with Crippen molar-refractivity contribution in [3.05, 3.63) is 35.1 Å². The first-order valence-electron chi connectivity index (χ1n) is 7.81. The molecule has 0 bridgehead atoms. The van der Waals surface area contributed by atoms with Gasteiger partial charge in [0.25, 0.3) is 10.1 Å². The number of hydrogen-bond acceptors (Lipinski definition) is 6. The lowest BCUT2D eigenvalue weighted by atomic mass is 10.0. The molecule has 2 fully saturated rings. The SMILES string of the molecule is O=S(=O)(O)C(O)c1ccc(CN2CC(N3CCOCC3)C2)cc1F. The number of halogens is 1. The zero-order chi connectivity index (χ0) is 17.3. The van der Waals surface area contributed by atoms with Gasteiger partial charge in [0.2, 0.25) is 5.44 Å². The van der Waals surface area contributed by atoms with E-state index in [1.807, 2.05) is 0 Å². The van der Waals surface area contributed by atoms with E-state index < -0.39 is 26.9 Å². The minimum absolute atomic E-state index is 0.448. The highest BCUT2D eigenvalue weighted by Crippen LogP contribution is 2.24. The smallest absolute Gasteiger partial charge is 0.296 e. The molecule has 0 spiro atoms. The number of ether oxygens (including phenoxy) is 1. The predicted octanol–water partition coefficient (Wildman–Crippen LogP) is 0.221. The third kappa shape index (κ3) is 3.93. The topological polar surface area (TPSA) is 90.3 Å². The van der Waals surface area contributed by atoms with Crippen LogP contribution in [0.4, 0.5) is 4.39 Å². The van der Waals surface area contributed by atoms with Crippen LogP contribution in [0.1, 0.15) is 16.6 Å². The maximum Gasteiger partial charge on any atom is 0.296 e. The fourth-order valence-electron chi connectivity index (χ4n) is 3.13. The van der Waals surface area contributed by atoms with Crippen LogP contribution in [0.3, 0.4) is 0 Å². The van der Waals surface area contributed by atoms with Gasteiger partial charge in [0.1, 0.15) is 5.82 Å². The lowest BCUT2D eigenvalue weighted by Crippen LogP contribution is -2.60. The molecule has 2 aliphatic heterocycles. The van der Waals surface area contributed by atoms with Crippen molar-refractivity contribution in [3.8, 4) is 0 Å². The number of morpholine rings is 1. The molecule has 1 aromatic rings. The number of rotatable bonds is 5. The Morgan fingerprint density at radius 1 is 1.29 bits per heavy atom. The molecule has 1 atom stereocenters. The van der Waals surface area contributed by atoms with Crippen molar-refractivity contribution in [1.82, 2.24) is 9.80 Å². The number of benzene rings is 1. The Morgan fingerprint density at radius 2 is 1.96 bits per heavy atom. The van der Waals surface area contributed by atoms with Crippen molar-refractivity contribution >= 4 is 10.1 Å². The summed E-state index contributed by atoms with van der Waals surface area (Å²) in [5.74, 6) is -0.845. The van der Waals surface area contributed by atoms with Gasteiger partial charge in [-0.05, 0) is 11.6 Å². The molecule has 0 amide bonds. The standard InChI is InChI=1S/C15H21FN2O5S/c16-14-7-11(1-2-13(14)15(19)24(20,21)22)8-17-9-12(10-17)18-3-5-23-6-4-18/h1-2,7,12,15,19H,3-6,8-10H2,(H,20,21,22). The van der Waals surface area contributed by atoms with E-state index in [4.69, 9.17) is 9.29 Å². The lowest BCUT2D eigenvalue weighted by molar-refractivity contribution is -0.0344. The van der Waals surface area contributed by atoms with E-state index in [1.54, 1.807) is 6.07 Å². The van der Waals surface area contributed by atoms with Crippen LogP contribution in [-0.2, 0) is 21.4 Å². The van der Waals surface area contributed by atoms with Gasteiger partial charge >= 0.3 is 0 Å². The second kappa shape index (κ2) is 7.03. The van der Waals surface area contributed by atoms with Gasteiger partial charge in [-0.15, -0.1) is 0 Å². The number of nitrogens with zero attached hydrogens (tertiary/aromatic N) is 2. The summed E-state index contributed by atoms with van der Waals surface area (Å²) in [6, 6.07) is 4.46. The average molecular weight is 360 g/mol. The summed E-state index contributed by atoms with van der Waals surface area (Å²) < 4.78 is 49.9. The van der Waals surface area contributed by atoms with Crippen LogP contribution in [0.5, 0.6) is 0 Å². The summed E-state index contributed by atoms with van der Waals surface area (Å²) in [5.41, 5.74) is -2.02. The van der Waals surface area contributed by atoms with E-state index in [0.29, 0.717) is 18.2 Å². The fourth-order valence-corrected chi connectivity index (χ4v) is 3.65. The Bertz CT molecular complexity index is 687. The molecule has 134 valence electrons. The maximum atomic E-state index is 14.0. The van der Waals surface area contributed by atoms with E-state index in [1.165, 1.54) is 12.1 Å². The van der Waals surface area contributed by atoms with Gasteiger partial charge in [-0.2, -0.15) is 8.42 Å². The molecular weight excluding hydrogens is 339 g/mol. The highest BCUT2D eigenvalue weighted by Gasteiger charge is 2.32. The van der Waals surface area contributed by atoms with Crippen molar-refractivity contribution in [1.29, 1.82) is 0 Å². The monoisotopic (exact) mass is 360 g/mol. The fraction of sp³-hybridized carbons (Fsp3) is 0.600. The van der Waals surface area contributed by atoms with Gasteiger partial charge in [0.15, 0.2) is 0 Å². The summed E-state index contributed by atoms with van der Waals surface area (Å²) in [6.45, 7) is 5.76. The zero-order valence-electron chi connectivity index (χ0n) is 13.1. The Balaban J connectivity index is 1.56. The molecule has 3 rings (SSSR count). The molecule has 1 aromatic carbocycles. The Kier molecular flexibility index (Phi) is 5.19. The second-order valence-electron chi connectivity index (χ2n) is 6.22. The van der Waals surface area contributed by atoms with E-state index >= 15 is 0 Å². The molecule has 2 heterocycles. The Morgan fingerprint density at radius 3 is 2.54 bits per heavy atom. The minimum atomic E-state index is -4.74. The summed E-state index contributed by atoms with van der Waals surface area (Å²) >= 11 is 0. The van der Waals surface area contributed by atoms with Crippen LogP contribution in [0.25, 0.3) is 0 Å². The van der Waals surface area contributed by atoms with Crippen LogP contribution in [0.15, 0.2) is 18.2 Å². The van der Waals surface area contributed by atoms with Crippen molar-refractivity contribution < 1.29 is 27.2 Å². The lowest BCUT2D eigenvalue weighted by Gasteiger charge is -2.46. The molecule has 0 saturated carbocycles. The normalized spacial score (nSPS) is 22.3. The number of likely N-dealkylation sites (tertiary alicyclic amines) is 1. The highest BCUT2D eigenvalue weighted by molar-refractivity contribution is 7.85. The first-order valence-corrected chi connectivity index (χ1v) is 9.32. The largest absolute Gasteiger partial charge is 0.379 e. The Labute approximate surface area is 140 Å². The molecular formula is C15H21FN2O5S. The summed E-state index contributed by atoms with van der Waals surface area (Å²) in [6.07, 6.45) is 0. The molecule has 24 heavy (non-hydrogen) atoms. The predicted molar refractivity (Wildman–Crippen MR) is 84.4 cm³/mol. The van der Waals surface area contributed by atoms with E-state index in [9.17, 15) is 17.9 Å². The van der Waals surface area contributed by atoms with Crippen molar-refractivity contribution in [2.24, 2.45) is 0 Å². The third-order valence-corrected chi connectivity index (χ3v) is 5.34. The summed E-state index contributed by atoms with van der Waals surface area (Å²) in [5, 5.41) is 9.44. The minimum Gasteiger partial charge on any atom is -0.379 e.